The molecule has 9 heteroatoms. The molecule has 1 unspecified atom stereocenters. The van der Waals surface area contributed by atoms with E-state index in [2.05, 4.69) is 4.98 Å². The van der Waals surface area contributed by atoms with E-state index < -0.39 is 0 Å². The van der Waals surface area contributed by atoms with Crippen LogP contribution in [0.4, 0.5) is 0 Å². The number of nitrogens with zero attached hydrogens (tertiary/aromatic N) is 1. The number of aromatic nitrogens is 1. The van der Waals surface area contributed by atoms with Crippen LogP contribution in [-0.2, 0) is 45.2 Å². The standard InChI is InChI=1S/C30H34N2O7/c1-19(16-34-2)38-29(33)13-22-5-6-25(36-4)14-28(22)37-17-20-9-23-12-26(18-35-3)39-30(23)27(10-20)21-7-8-32-24(11-21)15-31/h5-12,14,19H,13,15-18,31H2,1-4H3. The second-order valence-corrected chi connectivity index (χ2v) is 9.14. The summed E-state index contributed by atoms with van der Waals surface area (Å²) in [5, 5.41) is 0.922. The molecule has 2 aromatic carbocycles. The highest BCUT2D eigenvalue weighted by Crippen LogP contribution is 2.34. The van der Waals surface area contributed by atoms with E-state index in [1.54, 1.807) is 46.6 Å². The number of rotatable bonds is 13. The molecule has 1 atom stereocenters. The maximum absolute atomic E-state index is 12.5. The van der Waals surface area contributed by atoms with E-state index in [0.717, 1.165) is 39.1 Å². The number of fused-ring (bicyclic) bond motifs is 1. The first-order valence-electron chi connectivity index (χ1n) is 12.6. The smallest absolute Gasteiger partial charge is 0.310 e. The molecule has 0 saturated heterocycles. The zero-order valence-corrected chi connectivity index (χ0v) is 22.7. The van der Waals surface area contributed by atoms with Crippen molar-refractivity contribution in [3.05, 3.63) is 77.3 Å². The number of furan rings is 1. The van der Waals surface area contributed by atoms with Crippen LogP contribution in [0.3, 0.4) is 0 Å². The molecule has 2 heterocycles. The van der Waals surface area contributed by atoms with Gasteiger partial charge in [-0.15, -0.1) is 0 Å². The minimum atomic E-state index is -0.365. The van der Waals surface area contributed by atoms with Crippen LogP contribution in [-0.4, -0.2) is 45.0 Å². The van der Waals surface area contributed by atoms with E-state index in [9.17, 15) is 4.79 Å². The number of esters is 1. The van der Waals surface area contributed by atoms with Crippen LogP contribution in [0.25, 0.3) is 22.1 Å². The molecule has 0 fully saturated rings. The van der Waals surface area contributed by atoms with Crippen molar-refractivity contribution in [1.29, 1.82) is 0 Å². The molecule has 4 aromatic rings. The topological polar surface area (TPSA) is 115 Å². The van der Waals surface area contributed by atoms with E-state index in [0.29, 0.717) is 36.8 Å². The first kappa shape index (κ1) is 28.1. The van der Waals surface area contributed by atoms with Gasteiger partial charge in [-0.2, -0.15) is 0 Å². The summed E-state index contributed by atoms with van der Waals surface area (Å²) in [6, 6.07) is 15.3. The molecule has 0 bridgehead atoms. The molecule has 39 heavy (non-hydrogen) atoms. The van der Waals surface area contributed by atoms with Crippen LogP contribution in [0.5, 0.6) is 11.5 Å². The summed E-state index contributed by atoms with van der Waals surface area (Å²) in [5.41, 5.74) is 10.8. The van der Waals surface area contributed by atoms with Crippen LogP contribution >= 0.6 is 0 Å². The Labute approximate surface area is 227 Å². The van der Waals surface area contributed by atoms with Gasteiger partial charge in [0.25, 0.3) is 0 Å². The van der Waals surface area contributed by atoms with E-state index >= 15 is 0 Å². The van der Waals surface area contributed by atoms with Gasteiger partial charge in [-0.25, -0.2) is 0 Å². The Morgan fingerprint density at radius 3 is 2.62 bits per heavy atom. The molecule has 0 radical (unpaired) electrons. The average molecular weight is 535 g/mol. The van der Waals surface area contributed by atoms with Crippen molar-refractivity contribution in [2.45, 2.75) is 39.2 Å². The highest BCUT2D eigenvalue weighted by molar-refractivity contribution is 5.93. The molecule has 2 aromatic heterocycles. The van der Waals surface area contributed by atoms with Gasteiger partial charge in [0.1, 0.15) is 42.2 Å². The van der Waals surface area contributed by atoms with Gasteiger partial charge in [0, 0.05) is 49.5 Å². The molecule has 0 aliphatic heterocycles. The number of benzene rings is 2. The lowest BCUT2D eigenvalue weighted by molar-refractivity contribution is -0.149. The summed E-state index contributed by atoms with van der Waals surface area (Å²) in [7, 11) is 4.78. The highest BCUT2D eigenvalue weighted by Gasteiger charge is 2.17. The van der Waals surface area contributed by atoms with Gasteiger partial charge in [0.05, 0.1) is 25.8 Å². The molecule has 2 N–H and O–H groups in total. The van der Waals surface area contributed by atoms with Gasteiger partial charge in [-0.3, -0.25) is 9.78 Å². The van der Waals surface area contributed by atoms with Gasteiger partial charge in [0.2, 0.25) is 0 Å². The molecular formula is C30H34N2O7. The number of hydrogen-bond acceptors (Lipinski definition) is 9. The van der Waals surface area contributed by atoms with E-state index in [1.807, 2.05) is 36.4 Å². The van der Waals surface area contributed by atoms with Crippen LogP contribution < -0.4 is 15.2 Å². The fourth-order valence-corrected chi connectivity index (χ4v) is 4.33. The van der Waals surface area contributed by atoms with Crippen molar-refractivity contribution in [1.82, 2.24) is 4.98 Å². The van der Waals surface area contributed by atoms with E-state index in [4.69, 9.17) is 33.8 Å². The summed E-state index contributed by atoms with van der Waals surface area (Å²) < 4.78 is 33.6. The lowest BCUT2D eigenvalue weighted by Crippen LogP contribution is -2.21. The van der Waals surface area contributed by atoms with Gasteiger partial charge in [0.15, 0.2) is 0 Å². The summed E-state index contributed by atoms with van der Waals surface area (Å²) in [4.78, 5) is 16.9. The zero-order chi connectivity index (χ0) is 27.8. The highest BCUT2D eigenvalue weighted by atomic mass is 16.6. The number of pyridine rings is 1. The second-order valence-electron chi connectivity index (χ2n) is 9.14. The predicted octanol–water partition coefficient (Wildman–Crippen LogP) is 4.81. The second kappa shape index (κ2) is 13.2. The van der Waals surface area contributed by atoms with Gasteiger partial charge in [-0.05, 0) is 54.4 Å². The van der Waals surface area contributed by atoms with Crippen molar-refractivity contribution in [2.24, 2.45) is 5.73 Å². The normalized spacial score (nSPS) is 11.9. The summed E-state index contributed by atoms with van der Waals surface area (Å²) in [6.45, 7) is 3.05. The first-order chi connectivity index (χ1) is 18.9. The Bertz CT molecular complexity index is 1420. The molecule has 9 nitrogen and oxygen atoms in total. The third kappa shape index (κ3) is 7.14. The summed E-state index contributed by atoms with van der Waals surface area (Å²) in [6.07, 6.45) is 1.44. The Kier molecular flexibility index (Phi) is 9.54. The monoisotopic (exact) mass is 534 g/mol. The lowest BCUT2D eigenvalue weighted by atomic mass is 10.0. The molecule has 206 valence electrons. The van der Waals surface area contributed by atoms with Crippen LogP contribution in [0.1, 0.15) is 29.5 Å². The zero-order valence-electron chi connectivity index (χ0n) is 22.7. The third-order valence-corrected chi connectivity index (χ3v) is 6.09. The number of hydrogen-bond donors (Lipinski definition) is 1. The van der Waals surface area contributed by atoms with Gasteiger partial charge in [-0.1, -0.05) is 6.07 Å². The Morgan fingerprint density at radius 1 is 1.03 bits per heavy atom. The number of carbonyl (C=O) groups is 1. The van der Waals surface area contributed by atoms with Crippen molar-refractivity contribution >= 4 is 16.9 Å². The van der Waals surface area contributed by atoms with Crippen molar-refractivity contribution < 1.29 is 32.9 Å². The minimum Gasteiger partial charge on any atom is -0.497 e. The summed E-state index contributed by atoms with van der Waals surface area (Å²) >= 11 is 0. The molecular weight excluding hydrogens is 500 g/mol. The SMILES string of the molecule is COCc1cc2cc(COc3cc(OC)ccc3CC(=O)OC(C)COC)cc(-c3ccnc(CN)c3)c2o1. The minimum absolute atomic E-state index is 0.0542. The molecule has 0 aliphatic carbocycles. The quantitative estimate of drug-likeness (QED) is 0.241. The number of methoxy groups -OCH3 is 3. The number of carbonyl (C=O) groups excluding carboxylic acids is 1. The van der Waals surface area contributed by atoms with E-state index in [1.165, 1.54) is 0 Å². The van der Waals surface area contributed by atoms with Crippen molar-refractivity contribution in [2.75, 3.05) is 27.9 Å². The maximum Gasteiger partial charge on any atom is 0.310 e. The molecule has 0 saturated carbocycles. The Hall–Kier alpha value is -3.92. The van der Waals surface area contributed by atoms with Crippen LogP contribution in [0.15, 0.2) is 59.1 Å². The fourth-order valence-electron chi connectivity index (χ4n) is 4.33. The largest absolute Gasteiger partial charge is 0.497 e. The summed E-state index contributed by atoms with van der Waals surface area (Å²) in [5.74, 6) is 1.51. The molecule has 0 spiro atoms. The van der Waals surface area contributed by atoms with Crippen LogP contribution in [0, 0.1) is 0 Å². The third-order valence-electron chi connectivity index (χ3n) is 6.09. The predicted molar refractivity (Wildman–Crippen MR) is 147 cm³/mol. The number of nitrogens with two attached hydrogens (primary N) is 1. The van der Waals surface area contributed by atoms with Gasteiger partial charge < -0.3 is 33.8 Å². The fraction of sp³-hybridized carbons (Fsp3) is 0.333. The number of ether oxygens (including phenoxy) is 5. The van der Waals surface area contributed by atoms with Gasteiger partial charge >= 0.3 is 5.97 Å². The molecule has 0 amide bonds. The Balaban J connectivity index is 1.64. The van der Waals surface area contributed by atoms with E-state index in [-0.39, 0.29) is 25.1 Å². The lowest BCUT2D eigenvalue weighted by Gasteiger charge is -2.15. The van der Waals surface area contributed by atoms with Crippen molar-refractivity contribution in [3.63, 3.8) is 0 Å². The first-order valence-corrected chi connectivity index (χ1v) is 12.6. The maximum atomic E-state index is 12.5. The Morgan fingerprint density at radius 2 is 1.87 bits per heavy atom. The molecule has 4 rings (SSSR count). The van der Waals surface area contributed by atoms with Crippen molar-refractivity contribution in [3.8, 4) is 22.6 Å². The molecule has 0 aliphatic rings. The average Bonchev–Trinajstić information content (AvgIpc) is 3.34. The van der Waals surface area contributed by atoms with Crippen LogP contribution in [0.2, 0.25) is 0 Å².